The molecule has 0 aliphatic heterocycles. The number of H-pyrrole nitrogens is 1. The Morgan fingerprint density at radius 3 is 3.21 bits per heavy atom. The zero-order valence-corrected chi connectivity index (χ0v) is 11.2. The lowest BCUT2D eigenvalue weighted by molar-refractivity contribution is 0.598. The maximum Gasteiger partial charge on any atom is 0.0946 e. The minimum absolute atomic E-state index is 0.818. The van der Waals surface area contributed by atoms with E-state index in [0.717, 1.165) is 25.3 Å². The molecular weight excluding hydrogens is 258 g/mol. The number of aromatic amines is 1. The van der Waals surface area contributed by atoms with Crippen LogP contribution in [-0.4, -0.2) is 26.3 Å². The maximum atomic E-state index is 4.13. The highest BCUT2D eigenvalue weighted by Gasteiger charge is 2.07. The van der Waals surface area contributed by atoms with Gasteiger partial charge >= 0.3 is 0 Å². The average Bonchev–Trinajstić information content (AvgIpc) is 3.15. The van der Waals surface area contributed by atoms with Crippen LogP contribution in [0, 0.1) is 0 Å². The van der Waals surface area contributed by atoms with Gasteiger partial charge in [0.2, 0.25) is 0 Å². The van der Waals surface area contributed by atoms with Crippen LogP contribution in [0.25, 0.3) is 10.6 Å². The van der Waals surface area contributed by atoms with E-state index in [2.05, 4.69) is 42.6 Å². The SMILES string of the molecule is c1csc(-c2[nH]ncc2CNCCn2ccnc2)c1. The van der Waals surface area contributed by atoms with Gasteiger partial charge in [0, 0.05) is 37.6 Å². The van der Waals surface area contributed by atoms with Gasteiger partial charge in [-0.05, 0) is 11.4 Å². The number of rotatable bonds is 6. The van der Waals surface area contributed by atoms with Crippen molar-refractivity contribution in [2.24, 2.45) is 0 Å². The lowest BCUT2D eigenvalue weighted by Gasteiger charge is -2.05. The molecule has 2 N–H and O–H groups in total. The molecule has 0 saturated carbocycles. The van der Waals surface area contributed by atoms with Crippen molar-refractivity contribution < 1.29 is 0 Å². The first kappa shape index (κ1) is 12.1. The summed E-state index contributed by atoms with van der Waals surface area (Å²) in [4.78, 5) is 5.25. The van der Waals surface area contributed by atoms with Gasteiger partial charge in [-0.25, -0.2) is 4.98 Å². The summed E-state index contributed by atoms with van der Waals surface area (Å²) in [5, 5.41) is 12.7. The molecule has 0 aliphatic carbocycles. The maximum absolute atomic E-state index is 4.13. The quantitative estimate of drug-likeness (QED) is 0.676. The Morgan fingerprint density at radius 1 is 1.42 bits per heavy atom. The molecule has 0 aliphatic rings. The highest BCUT2D eigenvalue weighted by atomic mass is 32.1. The van der Waals surface area contributed by atoms with Gasteiger partial charge in [-0.2, -0.15) is 5.10 Å². The molecule has 3 aromatic rings. The zero-order chi connectivity index (χ0) is 12.9. The molecule has 19 heavy (non-hydrogen) atoms. The van der Waals surface area contributed by atoms with Crippen LogP contribution in [0.4, 0.5) is 0 Å². The molecule has 0 atom stereocenters. The average molecular weight is 273 g/mol. The number of aromatic nitrogens is 4. The van der Waals surface area contributed by atoms with E-state index >= 15 is 0 Å². The standard InChI is InChI=1S/C13H15N5S/c1-2-12(19-7-1)13-11(9-16-17-13)8-14-3-5-18-6-4-15-10-18/h1-2,4,6-7,9-10,14H,3,5,8H2,(H,16,17). The van der Waals surface area contributed by atoms with Crippen LogP contribution in [0.2, 0.25) is 0 Å². The molecule has 3 aromatic heterocycles. The Labute approximate surface area is 115 Å². The molecule has 98 valence electrons. The molecule has 0 saturated heterocycles. The monoisotopic (exact) mass is 273 g/mol. The summed E-state index contributed by atoms with van der Waals surface area (Å²) in [5.41, 5.74) is 2.32. The largest absolute Gasteiger partial charge is 0.336 e. The van der Waals surface area contributed by atoms with E-state index in [-0.39, 0.29) is 0 Å². The second-order valence-corrected chi connectivity index (χ2v) is 5.17. The Kier molecular flexibility index (Phi) is 3.71. The number of imidazole rings is 1. The molecule has 0 fully saturated rings. The van der Waals surface area contributed by atoms with Crippen molar-refractivity contribution >= 4 is 11.3 Å². The fraction of sp³-hybridized carbons (Fsp3) is 0.231. The van der Waals surface area contributed by atoms with Gasteiger partial charge in [-0.3, -0.25) is 5.10 Å². The van der Waals surface area contributed by atoms with Crippen molar-refractivity contribution in [2.75, 3.05) is 6.54 Å². The fourth-order valence-electron chi connectivity index (χ4n) is 1.93. The van der Waals surface area contributed by atoms with Gasteiger partial charge in [0.05, 0.1) is 23.1 Å². The first-order chi connectivity index (χ1) is 9.43. The summed E-state index contributed by atoms with van der Waals surface area (Å²) in [5.74, 6) is 0. The summed E-state index contributed by atoms with van der Waals surface area (Å²) in [6, 6.07) is 4.16. The molecule has 3 heterocycles. The van der Waals surface area contributed by atoms with Crippen LogP contribution in [0.5, 0.6) is 0 Å². The lowest BCUT2D eigenvalue weighted by atomic mass is 10.2. The number of nitrogens with one attached hydrogen (secondary N) is 2. The van der Waals surface area contributed by atoms with Crippen molar-refractivity contribution in [3.8, 4) is 10.6 Å². The third-order valence-electron chi connectivity index (χ3n) is 2.91. The van der Waals surface area contributed by atoms with Crippen LogP contribution in [0.3, 0.4) is 0 Å². The summed E-state index contributed by atoms with van der Waals surface area (Å²) in [6.45, 7) is 2.65. The highest BCUT2D eigenvalue weighted by molar-refractivity contribution is 7.13. The van der Waals surface area contributed by atoms with Crippen LogP contribution in [-0.2, 0) is 13.1 Å². The second kappa shape index (κ2) is 5.81. The van der Waals surface area contributed by atoms with Gasteiger partial charge in [0.15, 0.2) is 0 Å². The Morgan fingerprint density at radius 2 is 2.42 bits per heavy atom. The van der Waals surface area contributed by atoms with Crippen molar-refractivity contribution in [3.63, 3.8) is 0 Å². The normalized spacial score (nSPS) is 10.9. The number of hydrogen-bond acceptors (Lipinski definition) is 4. The lowest BCUT2D eigenvalue weighted by Crippen LogP contribution is -2.19. The van der Waals surface area contributed by atoms with Crippen molar-refractivity contribution in [1.82, 2.24) is 25.1 Å². The number of nitrogens with zero attached hydrogens (tertiary/aromatic N) is 3. The van der Waals surface area contributed by atoms with Crippen LogP contribution < -0.4 is 5.32 Å². The van der Waals surface area contributed by atoms with E-state index in [1.165, 1.54) is 10.4 Å². The van der Waals surface area contributed by atoms with Crippen molar-refractivity contribution in [3.05, 3.63) is 48.0 Å². The van der Waals surface area contributed by atoms with E-state index < -0.39 is 0 Å². The fourth-order valence-corrected chi connectivity index (χ4v) is 2.68. The van der Waals surface area contributed by atoms with Gasteiger partial charge in [-0.15, -0.1) is 11.3 Å². The molecule has 0 unspecified atom stereocenters. The predicted molar refractivity (Wildman–Crippen MR) is 75.8 cm³/mol. The van der Waals surface area contributed by atoms with Crippen molar-refractivity contribution in [2.45, 2.75) is 13.1 Å². The Bertz CT molecular complexity index is 597. The molecule has 0 aromatic carbocycles. The van der Waals surface area contributed by atoms with Crippen LogP contribution in [0.1, 0.15) is 5.56 Å². The van der Waals surface area contributed by atoms with Gasteiger partial charge < -0.3 is 9.88 Å². The van der Waals surface area contributed by atoms with Crippen molar-refractivity contribution in [1.29, 1.82) is 0 Å². The first-order valence-electron chi connectivity index (χ1n) is 6.16. The summed E-state index contributed by atoms with van der Waals surface area (Å²) in [6.07, 6.45) is 7.48. The van der Waals surface area contributed by atoms with Crippen LogP contribution in [0.15, 0.2) is 42.4 Å². The highest BCUT2D eigenvalue weighted by Crippen LogP contribution is 2.25. The van der Waals surface area contributed by atoms with Gasteiger partial charge in [0.25, 0.3) is 0 Å². The summed E-state index contributed by atoms with van der Waals surface area (Å²) >= 11 is 1.72. The third kappa shape index (κ3) is 2.91. The van der Waals surface area contributed by atoms with Gasteiger partial charge in [-0.1, -0.05) is 6.07 Å². The molecule has 0 bridgehead atoms. The molecule has 6 heteroatoms. The van der Waals surface area contributed by atoms with Crippen LogP contribution >= 0.6 is 11.3 Å². The van der Waals surface area contributed by atoms with E-state index in [1.807, 2.05) is 18.7 Å². The van der Waals surface area contributed by atoms with E-state index in [9.17, 15) is 0 Å². The van der Waals surface area contributed by atoms with E-state index in [0.29, 0.717) is 0 Å². The summed E-state index contributed by atoms with van der Waals surface area (Å²) in [7, 11) is 0. The van der Waals surface area contributed by atoms with E-state index in [4.69, 9.17) is 0 Å². The molecule has 0 amide bonds. The minimum atomic E-state index is 0.818. The Hall–Kier alpha value is -1.92. The first-order valence-corrected chi connectivity index (χ1v) is 7.04. The zero-order valence-electron chi connectivity index (χ0n) is 10.4. The summed E-state index contributed by atoms with van der Waals surface area (Å²) < 4.78 is 2.06. The molecule has 0 radical (unpaired) electrons. The smallest absolute Gasteiger partial charge is 0.0946 e. The molecular formula is C13H15N5S. The second-order valence-electron chi connectivity index (χ2n) is 4.22. The molecule has 5 nitrogen and oxygen atoms in total. The topological polar surface area (TPSA) is 58.5 Å². The molecule has 0 spiro atoms. The third-order valence-corrected chi connectivity index (χ3v) is 3.79. The Balaban J connectivity index is 1.55. The number of thiophene rings is 1. The van der Waals surface area contributed by atoms with E-state index in [1.54, 1.807) is 17.5 Å². The predicted octanol–water partition coefficient (Wildman–Crippen LogP) is 2.12. The number of hydrogen-bond donors (Lipinski definition) is 2. The van der Waals surface area contributed by atoms with Gasteiger partial charge in [0.1, 0.15) is 0 Å². The molecule has 3 rings (SSSR count). The minimum Gasteiger partial charge on any atom is -0.336 e.